The molecule has 1 heterocycles. The van der Waals surface area contributed by atoms with E-state index in [9.17, 15) is 22.0 Å². The van der Waals surface area contributed by atoms with Crippen LogP contribution in [0.4, 0.5) is 22.0 Å². The minimum absolute atomic E-state index is 0.0381. The number of hydrogen-bond acceptors (Lipinski definition) is 1. The Kier molecular flexibility index (Phi) is 1.95. The van der Waals surface area contributed by atoms with Gasteiger partial charge in [0.05, 0.1) is 16.8 Å². The lowest BCUT2D eigenvalue weighted by Gasteiger charge is -2.10. The minimum atomic E-state index is -4.82. The second-order valence-electron chi connectivity index (χ2n) is 2.98. The maximum atomic E-state index is 13.3. The average molecular weight is 221 g/mol. The molecule has 0 radical (unpaired) electrons. The summed E-state index contributed by atoms with van der Waals surface area (Å²) in [6.07, 6.45) is -3.59. The Morgan fingerprint density at radius 3 is 2.13 bits per heavy atom. The predicted octanol–water partition coefficient (Wildman–Crippen LogP) is 2.89. The van der Waals surface area contributed by atoms with Gasteiger partial charge in [0.1, 0.15) is 11.6 Å². The van der Waals surface area contributed by atoms with Gasteiger partial charge >= 0.3 is 6.18 Å². The van der Waals surface area contributed by atoms with Gasteiger partial charge in [-0.3, -0.25) is 0 Å². The van der Waals surface area contributed by atoms with Gasteiger partial charge < -0.3 is 5.32 Å². The fraction of sp³-hybridized carbons (Fsp3) is 0.111. The predicted molar refractivity (Wildman–Crippen MR) is 42.5 cm³/mol. The smallest absolute Gasteiger partial charge is 0.358 e. The van der Waals surface area contributed by atoms with Gasteiger partial charge in [-0.25, -0.2) is 8.78 Å². The number of nitrogens with one attached hydrogen (secondary N) is 1. The first-order valence-corrected chi connectivity index (χ1v) is 3.93. The van der Waals surface area contributed by atoms with E-state index in [0.717, 1.165) is 0 Å². The van der Waals surface area contributed by atoms with E-state index < -0.39 is 28.9 Å². The summed E-state index contributed by atoms with van der Waals surface area (Å²) in [5, 5.41) is 2.36. The molecule has 0 saturated carbocycles. The summed E-state index contributed by atoms with van der Waals surface area (Å²) in [6, 6.07) is 0.985. The highest BCUT2D eigenvalue weighted by Crippen LogP contribution is 2.36. The number of hydrogen-bond donors (Lipinski definition) is 1. The van der Waals surface area contributed by atoms with Crippen molar-refractivity contribution in [1.82, 2.24) is 5.32 Å². The topological polar surface area (TPSA) is 21.9 Å². The number of halogens is 5. The zero-order chi connectivity index (χ0) is 11.2. The molecule has 2 rings (SSSR count). The number of benzene rings is 1. The van der Waals surface area contributed by atoms with E-state index >= 15 is 0 Å². The molecule has 0 aliphatic carbocycles. The third kappa shape index (κ3) is 1.67. The highest BCUT2D eigenvalue weighted by atomic mass is 19.4. The molecule has 1 N–H and O–H groups in total. The molecule has 0 unspecified atom stereocenters. The van der Waals surface area contributed by atoms with Crippen molar-refractivity contribution in [2.45, 2.75) is 6.18 Å². The molecular formula is C9H4F5N. The largest absolute Gasteiger partial charge is 0.419 e. The van der Waals surface area contributed by atoms with E-state index in [4.69, 9.17) is 0 Å². The Bertz CT molecular complexity index is 447. The van der Waals surface area contributed by atoms with Crippen LogP contribution in [-0.4, -0.2) is 0 Å². The van der Waals surface area contributed by atoms with Crippen LogP contribution >= 0.6 is 0 Å². The van der Waals surface area contributed by atoms with Crippen LogP contribution in [0.2, 0.25) is 0 Å². The van der Waals surface area contributed by atoms with Gasteiger partial charge in [-0.05, 0) is 12.1 Å². The lowest BCUT2D eigenvalue weighted by atomic mass is 10.1. The molecule has 0 atom stereocenters. The molecule has 6 heteroatoms. The van der Waals surface area contributed by atoms with Crippen molar-refractivity contribution in [3.05, 3.63) is 41.1 Å². The third-order valence-electron chi connectivity index (χ3n) is 1.95. The molecule has 15 heavy (non-hydrogen) atoms. The first-order chi connectivity index (χ1) is 6.91. The van der Waals surface area contributed by atoms with E-state index in [1.165, 1.54) is 6.20 Å². The quantitative estimate of drug-likeness (QED) is 0.723. The summed E-state index contributed by atoms with van der Waals surface area (Å²) in [5.41, 5.74) is -2.09. The van der Waals surface area contributed by atoms with Crippen LogP contribution in [0.5, 0.6) is 0 Å². The SMILES string of the molecule is Fc1ccc(C(F)(F)F)c(F)c1C1=CN1. The third-order valence-corrected chi connectivity index (χ3v) is 1.95. The van der Waals surface area contributed by atoms with Crippen LogP contribution in [-0.2, 0) is 6.18 Å². The molecule has 0 fully saturated rings. The van der Waals surface area contributed by atoms with Crippen molar-refractivity contribution < 1.29 is 22.0 Å². The van der Waals surface area contributed by atoms with Crippen LogP contribution < -0.4 is 5.32 Å². The molecular weight excluding hydrogens is 217 g/mol. The van der Waals surface area contributed by atoms with Gasteiger partial charge in [0.25, 0.3) is 0 Å². The lowest BCUT2D eigenvalue weighted by molar-refractivity contribution is -0.140. The Morgan fingerprint density at radius 2 is 1.67 bits per heavy atom. The van der Waals surface area contributed by atoms with E-state index in [0.29, 0.717) is 12.1 Å². The molecule has 0 saturated heterocycles. The van der Waals surface area contributed by atoms with Crippen LogP contribution in [0.1, 0.15) is 11.1 Å². The summed E-state index contributed by atoms with van der Waals surface area (Å²) in [4.78, 5) is 0. The van der Waals surface area contributed by atoms with Gasteiger partial charge in [-0.2, -0.15) is 13.2 Å². The minimum Gasteiger partial charge on any atom is -0.358 e. The molecule has 1 aliphatic rings. The summed E-state index contributed by atoms with van der Waals surface area (Å²) in [6.45, 7) is 0. The van der Waals surface area contributed by atoms with Crippen molar-refractivity contribution in [2.75, 3.05) is 0 Å². The second-order valence-corrected chi connectivity index (χ2v) is 2.98. The van der Waals surface area contributed by atoms with Gasteiger partial charge in [0.2, 0.25) is 0 Å². The normalized spacial score (nSPS) is 14.6. The van der Waals surface area contributed by atoms with Crippen LogP contribution in [0.15, 0.2) is 18.3 Å². The average Bonchev–Trinajstić information content (AvgIpc) is 2.85. The van der Waals surface area contributed by atoms with Crippen molar-refractivity contribution in [3.8, 4) is 0 Å². The Morgan fingerprint density at radius 1 is 1.07 bits per heavy atom. The molecule has 1 aliphatic heterocycles. The Balaban J connectivity index is 2.60. The molecule has 1 nitrogen and oxygen atoms in total. The zero-order valence-corrected chi connectivity index (χ0v) is 7.12. The van der Waals surface area contributed by atoms with E-state index in [-0.39, 0.29) is 5.70 Å². The van der Waals surface area contributed by atoms with E-state index in [2.05, 4.69) is 5.32 Å². The first kappa shape index (κ1) is 9.95. The summed E-state index contributed by atoms with van der Waals surface area (Å²) >= 11 is 0. The summed E-state index contributed by atoms with van der Waals surface area (Å²) < 4.78 is 63.0. The van der Waals surface area contributed by atoms with Crippen molar-refractivity contribution in [3.63, 3.8) is 0 Å². The van der Waals surface area contributed by atoms with E-state index in [1.807, 2.05) is 0 Å². The lowest BCUT2D eigenvalue weighted by Crippen LogP contribution is -2.10. The highest BCUT2D eigenvalue weighted by Gasteiger charge is 2.37. The molecule has 0 aromatic heterocycles. The molecule has 1 aromatic carbocycles. The highest BCUT2D eigenvalue weighted by molar-refractivity contribution is 5.75. The first-order valence-electron chi connectivity index (χ1n) is 3.93. The monoisotopic (exact) mass is 221 g/mol. The maximum absolute atomic E-state index is 13.3. The van der Waals surface area contributed by atoms with Crippen LogP contribution in [0.25, 0.3) is 5.70 Å². The van der Waals surface area contributed by atoms with E-state index in [1.54, 1.807) is 0 Å². The van der Waals surface area contributed by atoms with Gasteiger partial charge in [-0.1, -0.05) is 0 Å². The number of rotatable bonds is 1. The van der Waals surface area contributed by atoms with Crippen molar-refractivity contribution >= 4 is 5.70 Å². The summed E-state index contributed by atoms with van der Waals surface area (Å²) in [7, 11) is 0. The zero-order valence-electron chi connectivity index (χ0n) is 7.12. The van der Waals surface area contributed by atoms with Crippen LogP contribution in [0, 0.1) is 11.6 Å². The van der Waals surface area contributed by atoms with Crippen molar-refractivity contribution in [1.29, 1.82) is 0 Å². The fourth-order valence-electron chi connectivity index (χ4n) is 1.20. The Hall–Kier alpha value is -1.59. The number of alkyl halides is 3. The summed E-state index contributed by atoms with van der Waals surface area (Å²) in [5.74, 6) is -2.60. The molecule has 80 valence electrons. The molecule has 0 spiro atoms. The second kappa shape index (κ2) is 2.95. The van der Waals surface area contributed by atoms with Gasteiger partial charge in [0, 0.05) is 6.20 Å². The maximum Gasteiger partial charge on any atom is 0.419 e. The van der Waals surface area contributed by atoms with Gasteiger partial charge in [-0.15, -0.1) is 0 Å². The Labute approximate surface area is 81.2 Å². The fourth-order valence-corrected chi connectivity index (χ4v) is 1.20. The van der Waals surface area contributed by atoms with Gasteiger partial charge in [0.15, 0.2) is 0 Å². The molecule has 0 bridgehead atoms. The van der Waals surface area contributed by atoms with Crippen LogP contribution in [0.3, 0.4) is 0 Å². The van der Waals surface area contributed by atoms with Crippen molar-refractivity contribution in [2.24, 2.45) is 0 Å². The molecule has 1 aromatic rings. The standard InChI is InChI=1S/C9H4F5N/c10-5-2-1-4(9(12,13)14)8(11)7(5)6-3-15-6/h1-3,15H. The molecule has 0 amide bonds.